The van der Waals surface area contributed by atoms with Crippen LogP contribution in [0.25, 0.3) is 10.9 Å². The lowest BCUT2D eigenvalue weighted by Crippen LogP contribution is -2.45. The van der Waals surface area contributed by atoms with Crippen molar-refractivity contribution in [2.24, 2.45) is 5.41 Å². The molecular weight excluding hydrogens is 468 g/mol. The van der Waals surface area contributed by atoms with Crippen molar-refractivity contribution < 1.29 is 19.7 Å². The number of fused-ring (bicyclic) bond motifs is 1. The van der Waals surface area contributed by atoms with Crippen molar-refractivity contribution in [2.45, 2.75) is 42.9 Å². The molecule has 1 saturated heterocycles. The number of ether oxygens (including phenoxy) is 1. The molecule has 0 amide bonds. The third kappa shape index (κ3) is 5.57. The van der Waals surface area contributed by atoms with Crippen molar-refractivity contribution >= 4 is 40.0 Å². The number of benzene rings is 1. The summed E-state index contributed by atoms with van der Waals surface area (Å²) in [6, 6.07) is 9.84. The number of methoxy groups -OCH3 is 1. The molecule has 1 fully saturated rings. The highest BCUT2D eigenvalue weighted by atomic mass is 32.2. The fourth-order valence-electron chi connectivity index (χ4n) is 4.81. The van der Waals surface area contributed by atoms with Gasteiger partial charge in [-0.1, -0.05) is 6.07 Å². The van der Waals surface area contributed by atoms with Crippen LogP contribution in [0.3, 0.4) is 0 Å². The Labute approximate surface area is 209 Å². The van der Waals surface area contributed by atoms with Gasteiger partial charge in [-0.3, -0.25) is 9.78 Å². The molecule has 3 heterocycles. The molecule has 6 nitrogen and oxygen atoms in total. The van der Waals surface area contributed by atoms with E-state index in [-0.39, 0.29) is 0 Å². The quantitative estimate of drug-likeness (QED) is 0.361. The van der Waals surface area contributed by atoms with E-state index in [9.17, 15) is 15.0 Å². The maximum Gasteiger partial charge on any atom is 0.309 e. The maximum absolute atomic E-state index is 12.3. The Morgan fingerprint density at radius 1 is 1.32 bits per heavy atom. The number of thioether (sulfide) groups is 1. The Hall–Kier alpha value is -2.13. The molecule has 1 atom stereocenters. The standard InChI is InChI=1S/C26H32N2O4S2/c1-18-17-27-21-6-5-19(32-2)16-20(21)24(18)22(29)7-8-26(25(30)31)9-11-28(12-10-26)13-15-34-23-4-3-14-33-23/h3-6,14,16-17,22,29H,7-13,15H2,1-2H3,(H,30,31). The summed E-state index contributed by atoms with van der Waals surface area (Å²) in [6.45, 7) is 4.46. The van der Waals surface area contributed by atoms with Gasteiger partial charge in [0.25, 0.3) is 0 Å². The van der Waals surface area contributed by atoms with Gasteiger partial charge in [0.15, 0.2) is 0 Å². The van der Waals surface area contributed by atoms with Gasteiger partial charge in [0.05, 0.1) is 28.4 Å². The summed E-state index contributed by atoms with van der Waals surface area (Å²) in [7, 11) is 1.62. The maximum atomic E-state index is 12.3. The number of hydrogen-bond acceptors (Lipinski definition) is 7. The molecule has 0 saturated carbocycles. The third-order valence-corrected chi connectivity index (χ3v) is 9.07. The molecule has 2 N–H and O–H groups in total. The lowest BCUT2D eigenvalue weighted by atomic mass is 9.74. The molecule has 1 unspecified atom stereocenters. The Morgan fingerprint density at radius 2 is 2.12 bits per heavy atom. The fourth-order valence-corrected chi connectivity index (χ4v) is 6.68. The highest BCUT2D eigenvalue weighted by Crippen LogP contribution is 2.40. The van der Waals surface area contributed by atoms with Crippen LogP contribution in [-0.2, 0) is 4.79 Å². The average molecular weight is 501 g/mol. The van der Waals surface area contributed by atoms with Crippen LogP contribution in [0.15, 0.2) is 46.1 Å². The number of carboxylic acids is 1. The minimum atomic E-state index is -0.785. The van der Waals surface area contributed by atoms with E-state index >= 15 is 0 Å². The molecular formula is C26H32N2O4S2. The van der Waals surface area contributed by atoms with Crippen molar-refractivity contribution in [2.75, 3.05) is 32.5 Å². The molecule has 0 aliphatic carbocycles. The normalized spacial score (nSPS) is 17.0. The van der Waals surface area contributed by atoms with Crippen LogP contribution in [0.5, 0.6) is 5.75 Å². The zero-order valence-corrected chi connectivity index (χ0v) is 21.3. The van der Waals surface area contributed by atoms with Gasteiger partial charge in [0.1, 0.15) is 5.75 Å². The predicted molar refractivity (Wildman–Crippen MR) is 138 cm³/mol. The second-order valence-corrected chi connectivity index (χ2v) is 11.3. The number of aliphatic carboxylic acids is 1. The first-order chi connectivity index (χ1) is 16.4. The van der Waals surface area contributed by atoms with Gasteiger partial charge >= 0.3 is 5.97 Å². The summed E-state index contributed by atoms with van der Waals surface area (Å²) in [5, 5.41) is 24.2. The zero-order chi connectivity index (χ0) is 24.1. The highest BCUT2D eigenvalue weighted by molar-refractivity contribution is 8.01. The molecule has 1 aliphatic heterocycles. The molecule has 34 heavy (non-hydrogen) atoms. The molecule has 1 aromatic carbocycles. The van der Waals surface area contributed by atoms with Crippen LogP contribution >= 0.6 is 23.1 Å². The van der Waals surface area contributed by atoms with Crippen LogP contribution in [0, 0.1) is 12.3 Å². The number of pyridine rings is 1. The van der Waals surface area contributed by atoms with Crippen LogP contribution in [-0.4, -0.2) is 58.6 Å². The van der Waals surface area contributed by atoms with Gasteiger partial charge in [-0.05, 0) is 86.5 Å². The van der Waals surface area contributed by atoms with Crippen molar-refractivity contribution in [3.63, 3.8) is 0 Å². The van der Waals surface area contributed by atoms with E-state index in [1.54, 1.807) is 24.6 Å². The first-order valence-corrected chi connectivity index (χ1v) is 13.5. The number of likely N-dealkylation sites (tertiary alicyclic amines) is 1. The average Bonchev–Trinajstić information content (AvgIpc) is 3.36. The van der Waals surface area contributed by atoms with Crippen molar-refractivity contribution in [3.05, 3.63) is 53.0 Å². The number of piperidine rings is 1. The number of nitrogens with zero attached hydrogens (tertiary/aromatic N) is 2. The molecule has 8 heteroatoms. The highest BCUT2D eigenvalue weighted by Gasteiger charge is 2.41. The smallest absolute Gasteiger partial charge is 0.309 e. The van der Waals surface area contributed by atoms with Crippen molar-refractivity contribution in [1.82, 2.24) is 9.88 Å². The van der Waals surface area contributed by atoms with Crippen molar-refractivity contribution in [3.8, 4) is 5.75 Å². The lowest BCUT2D eigenvalue weighted by molar-refractivity contribution is -0.153. The summed E-state index contributed by atoms with van der Waals surface area (Å²) >= 11 is 3.61. The van der Waals surface area contributed by atoms with Crippen LogP contribution < -0.4 is 4.74 Å². The monoisotopic (exact) mass is 500 g/mol. The van der Waals surface area contributed by atoms with E-state index in [2.05, 4.69) is 27.4 Å². The zero-order valence-electron chi connectivity index (χ0n) is 19.7. The van der Waals surface area contributed by atoms with Gasteiger partial charge in [-0.15, -0.1) is 23.1 Å². The Kier molecular flexibility index (Phi) is 8.14. The summed E-state index contributed by atoms with van der Waals surface area (Å²) in [6.07, 6.45) is 3.10. The molecule has 0 bridgehead atoms. The van der Waals surface area contributed by atoms with Gasteiger partial charge < -0.3 is 19.8 Å². The van der Waals surface area contributed by atoms with Gasteiger partial charge in [0.2, 0.25) is 0 Å². The minimum Gasteiger partial charge on any atom is -0.497 e. The summed E-state index contributed by atoms with van der Waals surface area (Å²) < 4.78 is 6.69. The third-order valence-electron chi connectivity index (χ3n) is 6.96. The molecule has 2 aromatic heterocycles. The second-order valence-electron chi connectivity index (χ2n) is 9.00. The SMILES string of the molecule is COc1ccc2ncc(C)c(C(O)CCC3(C(=O)O)CCN(CCSc4cccs4)CC3)c2c1. The summed E-state index contributed by atoms with van der Waals surface area (Å²) in [5.74, 6) is 0.974. The Morgan fingerprint density at radius 3 is 2.79 bits per heavy atom. The lowest BCUT2D eigenvalue weighted by Gasteiger charge is -2.39. The number of carboxylic acid groups (broad SMARTS) is 1. The molecule has 0 radical (unpaired) electrons. The van der Waals surface area contributed by atoms with E-state index in [0.717, 1.165) is 47.4 Å². The predicted octanol–water partition coefficient (Wildman–Crippen LogP) is 5.39. The Bertz CT molecular complexity index is 1110. The number of aryl methyl sites for hydroxylation is 1. The van der Waals surface area contributed by atoms with E-state index in [4.69, 9.17) is 4.74 Å². The number of aromatic nitrogens is 1. The number of carbonyl (C=O) groups is 1. The van der Waals surface area contributed by atoms with Crippen LogP contribution in [0.2, 0.25) is 0 Å². The minimum absolute atomic E-state index is 0.400. The topological polar surface area (TPSA) is 82.9 Å². The van der Waals surface area contributed by atoms with Gasteiger partial charge in [0, 0.05) is 23.9 Å². The fraction of sp³-hybridized carbons (Fsp3) is 0.462. The van der Waals surface area contributed by atoms with E-state index in [1.165, 1.54) is 4.21 Å². The molecule has 1 aliphatic rings. The number of aliphatic hydroxyl groups excluding tert-OH is 1. The van der Waals surface area contributed by atoms with E-state index in [1.807, 2.05) is 36.9 Å². The molecule has 182 valence electrons. The summed E-state index contributed by atoms with van der Waals surface area (Å²) in [4.78, 5) is 19.2. The van der Waals surface area contributed by atoms with E-state index < -0.39 is 17.5 Å². The number of aliphatic hydroxyl groups is 1. The largest absolute Gasteiger partial charge is 0.497 e. The summed E-state index contributed by atoms with van der Waals surface area (Å²) in [5.41, 5.74) is 1.72. The van der Waals surface area contributed by atoms with E-state index in [0.29, 0.717) is 31.4 Å². The second kappa shape index (κ2) is 11.1. The number of rotatable bonds is 10. The first kappa shape index (κ1) is 25.0. The molecule has 4 rings (SSSR count). The van der Waals surface area contributed by atoms with Crippen LogP contribution in [0.1, 0.15) is 42.9 Å². The molecule has 0 spiro atoms. The number of hydrogen-bond donors (Lipinski definition) is 2. The Balaban J connectivity index is 1.39. The number of thiophene rings is 1. The molecule has 3 aromatic rings. The van der Waals surface area contributed by atoms with Crippen LogP contribution in [0.4, 0.5) is 0 Å². The van der Waals surface area contributed by atoms with Gasteiger partial charge in [-0.25, -0.2) is 0 Å². The first-order valence-electron chi connectivity index (χ1n) is 11.7. The van der Waals surface area contributed by atoms with Gasteiger partial charge in [-0.2, -0.15) is 0 Å². The van der Waals surface area contributed by atoms with Crippen molar-refractivity contribution in [1.29, 1.82) is 0 Å².